The SMILES string of the molecule is Cc1cc(CN2CCN(Cc3ccc4c(c3)OCO4)CC2)oc1C. The van der Waals surface area contributed by atoms with Gasteiger partial charge in [-0.2, -0.15) is 0 Å². The first-order valence-corrected chi connectivity index (χ1v) is 8.56. The minimum atomic E-state index is 0.336. The standard InChI is InChI=1S/C19H24N2O3/c1-14-9-17(24-15(14)2)12-21-7-5-20(6-8-21)11-16-3-4-18-19(10-16)23-13-22-18/h3-4,9-10H,5-8,11-13H2,1-2H3. The predicted molar refractivity (Wildman–Crippen MR) is 91.3 cm³/mol. The second-order valence-corrected chi connectivity index (χ2v) is 6.69. The van der Waals surface area contributed by atoms with Gasteiger partial charge in [0.1, 0.15) is 11.5 Å². The van der Waals surface area contributed by atoms with Crippen molar-refractivity contribution in [3.8, 4) is 11.5 Å². The Morgan fingerprint density at radius 2 is 1.58 bits per heavy atom. The summed E-state index contributed by atoms with van der Waals surface area (Å²) < 4.78 is 16.6. The van der Waals surface area contributed by atoms with E-state index < -0.39 is 0 Å². The van der Waals surface area contributed by atoms with Crippen LogP contribution in [-0.2, 0) is 13.1 Å². The normalized spacial score (nSPS) is 18.2. The molecular formula is C19H24N2O3. The third-order valence-corrected chi connectivity index (χ3v) is 4.90. The highest BCUT2D eigenvalue weighted by Crippen LogP contribution is 2.32. The van der Waals surface area contributed by atoms with E-state index in [0.717, 1.165) is 62.3 Å². The van der Waals surface area contributed by atoms with E-state index in [1.807, 2.05) is 13.0 Å². The average Bonchev–Trinajstić information content (AvgIpc) is 3.15. The zero-order valence-electron chi connectivity index (χ0n) is 14.4. The van der Waals surface area contributed by atoms with Crippen molar-refractivity contribution in [2.45, 2.75) is 26.9 Å². The molecule has 1 aromatic carbocycles. The number of aryl methyl sites for hydroxylation is 2. The van der Waals surface area contributed by atoms with Crippen molar-refractivity contribution in [2.75, 3.05) is 33.0 Å². The van der Waals surface area contributed by atoms with Crippen molar-refractivity contribution in [1.82, 2.24) is 9.80 Å². The highest BCUT2D eigenvalue weighted by molar-refractivity contribution is 5.44. The van der Waals surface area contributed by atoms with Crippen LogP contribution in [-0.4, -0.2) is 42.8 Å². The van der Waals surface area contributed by atoms with E-state index >= 15 is 0 Å². The highest BCUT2D eigenvalue weighted by Gasteiger charge is 2.20. The molecule has 0 bridgehead atoms. The lowest BCUT2D eigenvalue weighted by Crippen LogP contribution is -2.45. The number of piperazine rings is 1. The summed E-state index contributed by atoms with van der Waals surface area (Å²) in [5, 5.41) is 0. The van der Waals surface area contributed by atoms with Crippen LogP contribution in [0.5, 0.6) is 11.5 Å². The van der Waals surface area contributed by atoms with Crippen LogP contribution < -0.4 is 9.47 Å². The van der Waals surface area contributed by atoms with E-state index in [2.05, 4.69) is 34.9 Å². The lowest BCUT2D eigenvalue weighted by Gasteiger charge is -2.34. The summed E-state index contributed by atoms with van der Waals surface area (Å²) in [5.74, 6) is 3.84. The highest BCUT2D eigenvalue weighted by atomic mass is 16.7. The maximum absolute atomic E-state index is 5.80. The van der Waals surface area contributed by atoms with Crippen LogP contribution in [0.4, 0.5) is 0 Å². The van der Waals surface area contributed by atoms with Crippen molar-refractivity contribution in [3.63, 3.8) is 0 Å². The second-order valence-electron chi connectivity index (χ2n) is 6.69. The minimum Gasteiger partial charge on any atom is -0.465 e. The monoisotopic (exact) mass is 328 g/mol. The summed E-state index contributed by atoms with van der Waals surface area (Å²) in [6, 6.07) is 8.40. The summed E-state index contributed by atoms with van der Waals surface area (Å²) in [4.78, 5) is 4.96. The van der Waals surface area contributed by atoms with Gasteiger partial charge in [0, 0.05) is 32.7 Å². The van der Waals surface area contributed by atoms with Crippen LogP contribution in [0.3, 0.4) is 0 Å². The van der Waals surface area contributed by atoms with Gasteiger partial charge in [-0.1, -0.05) is 6.07 Å². The number of hydrogen-bond donors (Lipinski definition) is 0. The average molecular weight is 328 g/mol. The molecule has 1 fully saturated rings. The van der Waals surface area contributed by atoms with Crippen LogP contribution >= 0.6 is 0 Å². The van der Waals surface area contributed by atoms with Crippen LogP contribution in [0, 0.1) is 13.8 Å². The second kappa shape index (κ2) is 6.49. The molecular weight excluding hydrogens is 304 g/mol. The first-order chi connectivity index (χ1) is 11.7. The van der Waals surface area contributed by atoms with E-state index in [4.69, 9.17) is 13.9 Å². The number of rotatable bonds is 4. The maximum Gasteiger partial charge on any atom is 0.231 e. The smallest absolute Gasteiger partial charge is 0.231 e. The van der Waals surface area contributed by atoms with E-state index in [-0.39, 0.29) is 0 Å². The van der Waals surface area contributed by atoms with Crippen LogP contribution in [0.1, 0.15) is 22.6 Å². The first kappa shape index (κ1) is 15.5. The third-order valence-electron chi connectivity index (χ3n) is 4.90. The van der Waals surface area contributed by atoms with Crippen molar-refractivity contribution in [3.05, 3.63) is 46.9 Å². The molecule has 0 amide bonds. The molecule has 2 aliphatic heterocycles. The molecule has 0 N–H and O–H groups in total. The van der Waals surface area contributed by atoms with E-state index in [9.17, 15) is 0 Å². The van der Waals surface area contributed by atoms with E-state index in [1.54, 1.807) is 0 Å². The fraction of sp³-hybridized carbons (Fsp3) is 0.474. The lowest BCUT2D eigenvalue weighted by atomic mass is 10.1. The zero-order valence-corrected chi connectivity index (χ0v) is 14.4. The van der Waals surface area contributed by atoms with Gasteiger partial charge in [-0.15, -0.1) is 0 Å². The molecule has 3 heterocycles. The van der Waals surface area contributed by atoms with Gasteiger partial charge in [-0.05, 0) is 43.2 Å². The number of nitrogens with zero attached hydrogens (tertiary/aromatic N) is 2. The molecule has 5 heteroatoms. The Morgan fingerprint density at radius 1 is 0.875 bits per heavy atom. The summed E-state index contributed by atoms with van der Waals surface area (Å²) in [6.07, 6.45) is 0. The fourth-order valence-electron chi connectivity index (χ4n) is 3.35. The molecule has 0 aliphatic carbocycles. The lowest BCUT2D eigenvalue weighted by molar-refractivity contribution is 0.115. The number of hydrogen-bond acceptors (Lipinski definition) is 5. The summed E-state index contributed by atoms with van der Waals surface area (Å²) in [6.45, 7) is 10.6. The number of fused-ring (bicyclic) bond motifs is 1. The van der Waals surface area contributed by atoms with Gasteiger partial charge in [0.25, 0.3) is 0 Å². The van der Waals surface area contributed by atoms with Crippen molar-refractivity contribution in [2.24, 2.45) is 0 Å². The van der Waals surface area contributed by atoms with Gasteiger partial charge in [0.05, 0.1) is 6.54 Å². The number of benzene rings is 1. The van der Waals surface area contributed by atoms with Crippen LogP contribution in [0.2, 0.25) is 0 Å². The first-order valence-electron chi connectivity index (χ1n) is 8.56. The van der Waals surface area contributed by atoms with Crippen molar-refractivity contribution < 1.29 is 13.9 Å². The molecule has 0 spiro atoms. The van der Waals surface area contributed by atoms with Gasteiger partial charge < -0.3 is 13.9 Å². The molecule has 1 saturated heterocycles. The number of ether oxygens (including phenoxy) is 2. The molecule has 0 radical (unpaired) electrons. The zero-order chi connectivity index (χ0) is 16.5. The van der Waals surface area contributed by atoms with Crippen LogP contribution in [0.15, 0.2) is 28.7 Å². The Labute approximate surface area is 142 Å². The Balaban J connectivity index is 1.30. The van der Waals surface area contributed by atoms with Crippen LogP contribution in [0.25, 0.3) is 0 Å². The molecule has 2 aliphatic rings. The summed E-state index contributed by atoms with van der Waals surface area (Å²) in [7, 11) is 0. The Kier molecular flexibility index (Phi) is 4.21. The summed E-state index contributed by atoms with van der Waals surface area (Å²) >= 11 is 0. The largest absolute Gasteiger partial charge is 0.465 e. The Morgan fingerprint density at radius 3 is 2.29 bits per heavy atom. The number of furan rings is 1. The molecule has 0 unspecified atom stereocenters. The third kappa shape index (κ3) is 3.28. The maximum atomic E-state index is 5.80. The van der Waals surface area contributed by atoms with Gasteiger partial charge >= 0.3 is 0 Å². The van der Waals surface area contributed by atoms with Gasteiger partial charge in [-0.3, -0.25) is 9.80 Å². The molecule has 0 atom stereocenters. The van der Waals surface area contributed by atoms with Crippen molar-refractivity contribution >= 4 is 0 Å². The van der Waals surface area contributed by atoms with E-state index in [1.165, 1.54) is 11.1 Å². The fourth-order valence-corrected chi connectivity index (χ4v) is 3.35. The molecule has 4 rings (SSSR count). The van der Waals surface area contributed by atoms with Gasteiger partial charge in [-0.25, -0.2) is 0 Å². The molecule has 0 saturated carbocycles. The Hall–Kier alpha value is -1.98. The van der Waals surface area contributed by atoms with Crippen molar-refractivity contribution in [1.29, 1.82) is 0 Å². The quantitative estimate of drug-likeness (QED) is 0.863. The topological polar surface area (TPSA) is 38.1 Å². The van der Waals surface area contributed by atoms with Gasteiger partial charge in [0.15, 0.2) is 11.5 Å². The van der Waals surface area contributed by atoms with Gasteiger partial charge in [0.2, 0.25) is 6.79 Å². The predicted octanol–water partition coefficient (Wildman–Crippen LogP) is 2.94. The molecule has 128 valence electrons. The molecule has 24 heavy (non-hydrogen) atoms. The molecule has 2 aromatic rings. The minimum absolute atomic E-state index is 0.336. The summed E-state index contributed by atoms with van der Waals surface area (Å²) in [5.41, 5.74) is 2.52. The molecule has 1 aromatic heterocycles. The van der Waals surface area contributed by atoms with E-state index in [0.29, 0.717) is 6.79 Å². The Bertz CT molecular complexity index is 698. The molecule has 5 nitrogen and oxygen atoms in total.